The standard InChI is InChI=1S/C25H31N3O2/c29-24(15-10-20-6-4-5-7-20)26-22-11-13-23(14-12-22)27-16-18-28(19-17-27)25(30)21-8-2-1-3-9-21/h1-3,8-9,11-14,20H,4-7,10,15-19H2,(H,26,29). The molecule has 5 nitrogen and oxygen atoms in total. The average Bonchev–Trinajstić information content (AvgIpc) is 3.32. The number of anilines is 2. The van der Waals surface area contributed by atoms with Crippen molar-refractivity contribution in [1.82, 2.24) is 4.90 Å². The SMILES string of the molecule is O=C(CCC1CCCC1)Nc1ccc(N2CCN(C(=O)c3ccccc3)CC2)cc1. The molecule has 2 fully saturated rings. The summed E-state index contributed by atoms with van der Waals surface area (Å²) < 4.78 is 0. The summed E-state index contributed by atoms with van der Waals surface area (Å²) in [5.41, 5.74) is 2.73. The first-order valence-corrected chi connectivity index (χ1v) is 11.2. The van der Waals surface area contributed by atoms with Gasteiger partial charge in [-0.15, -0.1) is 0 Å². The topological polar surface area (TPSA) is 52.7 Å². The lowest BCUT2D eigenvalue weighted by Crippen LogP contribution is -2.48. The third-order valence-corrected chi connectivity index (χ3v) is 6.36. The molecular formula is C25H31N3O2. The Bertz CT molecular complexity index is 836. The van der Waals surface area contributed by atoms with Gasteiger partial charge in [0.2, 0.25) is 5.91 Å². The fourth-order valence-corrected chi connectivity index (χ4v) is 4.54. The van der Waals surface area contributed by atoms with Crippen LogP contribution in [-0.4, -0.2) is 42.9 Å². The summed E-state index contributed by atoms with van der Waals surface area (Å²) in [5.74, 6) is 0.958. The molecule has 158 valence electrons. The molecule has 0 aromatic heterocycles. The van der Waals surface area contributed by atoms with Crippen molar-refractivity contribution in [2.75, 3.05) is 36.4 Å². The zero-order valence-corrected chi connectivity index (χ0v) is 17.6. The van der Waals surface area contributed by atoms with E-state index in [0.29, 0.717) is 19.5 Å². The van der Waals surface area contributed by atoms with Gasteiger partial charge in [-0.3, -0.25) is 9.59 Å². The quantitative estimate of drug-likeness (QED) is 0.767. The van der Waals surface area contributed by atoms with Crippen molar-refractivity contribution >= 4 is 23.2 Å². The summed E-state index contributed by atoms with van der Waals surface area (Å²) in [4.78, 5) is 29.0. The van der Waals surface area contributed by atoms with Crippen molar-refractivity contribution in [1.29, 1.82) is 0 Å². The van der Waals surface area contributed by atoms with E-state index in [0.717, 1.165) is 42.4 Å². The highest BCUT2D eigenvalue weighted by Crippen LogP contribution is 2.28. The minimum atomic E-state index is 0.103. The van der Waals surface area contributed by atoms with E-state index in [1.54, 1.807) is 0 Å². The van der Waals surface area contributed by atoms with Crippen LogP contribution in [0.5, 0.6) is 0 Å². The normalized spacial score (nSPS) is 17.2. The van der Waals surface area contributed by atoms with Crippen LogP contribution in [-0.2, 0) is 4.79 Å². The molecule has 2 amide bonds. The Morgan fingerprint density at radius 3 is 2.20 bits per heavy atom. The Morgan fingerprint density at radius 2 is 1.53 bits per heavy atom. The van der Waals surface area contributed by atoms with Gasteiger partial charge in [0, 0.05) is 49.5 Å². The van der Waals surface area contributed by atoms with Crippen LogP contribution in [0, 0.1) is 5.92 Å². The average molecular weight is 406 g/mol. The molecule has 0 spiro atoms. The molecule has 1 saturated heterocycles. The van der Waals surface area contributed by atoms with E-state index in [2.05, 4.69) is 22.3 Å². The summed E-state index contributed by atoms with van der Waals surface area (Å²) in [6.07, 6.45) is 6.84. The predicted octanol–water partition coefficient (Wildman–Crippen LogP) is 4.56. The summed E-state index contributed by atoms with van der Waals surface area (Å²) in [7, 11) is 0. The lowest BCUT2D eigenvalue weighted by molar-refractivity contribution is -0.116. The number of rotatable bonds is 6. The first-order chi connectivity index (χ1) is 14.7. The van der Waals surface area contributed by atoms with Crippen LogP contribution >= 0.6 is 0 Å². The van der Waals surface area contributed by atoms with Crippen molar-refractivity contribution in [3.8, 4) is 0 Å². The van der Waals surface area contributed by atoms with Gasteiger partial charge in [0.25, 0.3) is 5.91 Å². The smallest absolute Gasteiger partial charge is 0.253 e. The van der Waals surface area contributed by atoms with E-state index in [4.69, 9.17) is 0 Å². The second kappa shape index (κ2) is 9.79. The zero-order chi connectivity index (χ0) is 20.8. The molecule has 4 rings (SSSR count). The van der Waals surface area contributed by atoms with Crippen LogP contribution in [0.2, 0.25) is 0 Å². The van der Waals surface area contributed by atoms with Crippen LogP contribution in [0.25, 0.3) is 0 Å². The minimum Gasteiger partial charge on any atom is -0.368 e. The third-order valence-electron chi connectivity index (χ3n) is 6.36. The van der Waals surface area contributed by atoms with Crippen molar-refractivity contribution in [3.63, 3.8) is 0 Å². The van der Waals surface area contributed by atoms with Gasteiger partial charge in [-0.1, -0.05) is 43.9 Å². The molecule has 5 heteroatoms. The summed E-state index contributed by atoms with van der Waals surface area (Å²) in [6.45, 7) is 3.05. The number of nitrogens with one attached hydrogen (secondary N) is 1. The minimum absolute atomic E-state index is 0.103. The zero-order valence-electron chi connectivity index (χ0n) is 17.6. The first-order valence-electron chi connectivity index (χ1n) is 11.2. The van der Waals surface area contributed by atoms with Crippen molar-refractivity contribution in [3.05, 3.63) is 60.2 Å². The van der Waals surface area contributed by atoms with Crippen molar-refractivity contribution < 1.29 is 9.59 Å². The molecule has 30 heavy (non-hydrogen) atoms. The molecule has 1 heterocycles. The lowest BCUT2D eigenvalue weighted by Gasteiger charge is -2.36. The number of piperazine rings is 1. The highest BCUT2D eigenvalue weighted by atomic mass is 16.2. The highest BCUT2D eigenvalue weighted by Gasteiger charge is 2.22. The van der Waals surface area contributed by atoms with E-state index in [1.165, 1.54) is 25.7 Å². The molecule has 0 atom stereocenters. The monoisotopic (exact) mass is 405 g/mol. The second-order valence-electron chi connectivity index (χ2n) is 8.43. The van der Waals surface area contributed by atoms with E-state index in [9.17, 15) is 9.59 Å². The van der Waals surface area contributed by atoms with Gasteiger partial charge in [0.05, 0.1) is 0 Å². The van der Waals surface area contributed by atoms with Crippen molar-refractivity contribution in [2.24, 2.45) is 5.92 Å². The Morgan fingerprint density at radius 1 is 0.867 bits per heavy atom. The van der Waals surface area contributed by atoms with E-state index >= 15 is 0 Å². The number of amides is 2. The molecule has 1 saturated carbocycles. The van der Waals surface area contributed by atoms with Crippen molar-refractivity contribution in [2.45, 2.75) is 38.5 Å². The largest absolute Gasteiger partial charge is 0.368 e. The molecule has 2 aromatic carbocycles. The van der Waals surface area contributed by atoms with Gasteiger partial charge < -0.3 is 15.1 Å². The van der Waals surface area contributed by atoms with E-state index in [-0.39, 0.29) is 11.8 Å². The molecule has 1 aliphatic carbocycles. The molecule has 0 radical (unpaired) electrons. The van der Waals surface area contributed by atoms with Crippen LogP contribution in [0.3, 0.4) is 0 Å². The second-order valence-corrected chi connectivity index (χ2v) is 8.43. The summed E-state index contributed by atoms with van der Waals surface area (Å²) in [6, 6.07) is 17.5. The van der Waals surface area contributed by atoms with E-state index in [1.807, 2.05) is 47.4 Å². The molecule has 1 aliphatic heterocycles. The Balaban J connectivity index is 1.24. The first kappa shape index (κ1) is 20.5. The van der Waals surface area contributed by atoms with E-state index < -0.39 is 0 Å². The number of nitrogens with zero attached hydrogens (tertiary/aromatic N) is 2. The maximum Gasteiger partial charge on any atom is 0.253 e. The molecule has 1 N–H and O–H groups in total. The Labute approximate surface area is 179 Å². The Kier molecular flexibility index (Phi) is 6.67. The fourth-order valence-electron chi connectivity index (χ4n) is 4.54. The van der Waals surface area contributed by atoms with Crippen LogP contribution in [0.1, 0.15) is 48.9 Å². The number of carbonyl (C=O) groups excluding carboxylic acids is 2. The molecule has 2 aliphatic rings. The number of hydrogen-bond acceptors (Lipinski definition) is 3. The summed E-state index contributed by atoms with van der Waals surface area (Å²) >= 11 is 0. The molecule has 0 unspecified atom stereocenters. The number of benzene rings is 2. The summed E-state index contributed by atoms with van der Waals surface area (Å²) in [5, 5.41) is 3.03. The van der Waals surface area contributed by atoms with Crippen LogP contribution < -0.4 is 10.2 Å². The van der Waals surface area contributed by atoms with Gasteiger partial charge in [0.15, 0.2) is 0 Å². The third kappa shape index (κ3) is 5.21. The Hall–Kier alpha value is -2.82. The van der Waals surface area contributed by atoms with Gasteiger partial charge in [-0.05, 0) is 48.7 Å². The van der Waals surface area contributed by atoms with Gasteiger partial charge in [-0.25, -0.2) is 0 Å². The lowest BCUT2D eigenvalue weighted by atomic mass is 10.0. The molecule has 2 aromatic rings. The fraction of sp³-hybridized carbons (Fsp3) is 0.440. The van der Waals surface area contributed by atoms with Gasteiger partial charge >= 0.3 is 0 Å². The number of carbonyl (C=O) groups is 2. The van der Waals surface area contributed by atoms with Crippen LogP contribution in [0.15, 0.2) is 54.6 Å². The molecular weight excluding hydrogens is 374 g/mol. The predicted molar refractivity (Wildman–Crippen MR) is 121 cm³/mol. The van der Waals surface area contributed by atoms with Crippen LogP contribution in [0.4, 0.5) is 11.4 Å². The van der Waals surface area contributed by atoms with Gasteiger partial charge in [0.1, 0.15) is 0 Å². The van der Waals surface area contributed by atoms with Gasteiger partial charge in [-0.2, -0.15) is 0 Å². The molecule has 0 bridgehead atoms. The maximum atomic E-state index is 12.6. The maximum absolute atomic E-state index is 12.6. The highest BCUT2D eigenvalue weighted by molar-refractivity contribution is 5.94. The number of hydrogen-bond donors (Lipinski definition) is 1.